The van der Waals surface area contributed by atoms with Gasteiger partial charge in [-0.1, -0.05) is 30.3 Å². The van der Waals surface area contributed by atoms with E-state index in [1.807, 2.05) is 67.7 Å². The second-order valence-corrected chi connectivity index (χ2v) is 5.63. The Morgan fingerprint density at radius 2 is 2.00 bits per heavy atom. The number of carbonyl (C=O) groups excluding carboxylic acids is 1. The third-order valence-electron chi connectivity index (χ3n) is 3.51. The van der Waals surface area contributed by atoms with Crippen LogP contribution in [0.1, 0.15) is 16.1 Å². The summed E-state index contributed by atoms with van der Waals surface area (Å²) in [7, 11) is 3.74. The molecule has 0 saturated heterocycles. The Morgan fingerprint density at radius 3 is 2.75 bits per heavy atom. The number of imidazole rings is 1. The normalized spacial score (nSPS) is 11.1. The molecule has 24 heavy (non-hydrogen) atoms. The van der Waals surface area contributed by atoms with E-state index in [9.17, 15) is 4.79 Å². The average molecular weight is 321 g/mol. The van der Waals surface area contributed by atoms with E-state index in [1.54, 1.807) is 16.8 Å². The van der Waals surface area contributed by atoms with Crippen molar-refractivity contribution in [2.75, 3.05) is 14.1 Å². The first kappa shape index (κ1) is 15.8. The number of nitrogens with zero attached hydrogens (tertiary/aromatic N) is 3. The van der Waals surface area contributed by atoms with E-state index in [2.05, 4.69) is 4.98 Å². The minimum absolute atomic E-state index is 0.101. The van der Waals surface area contributed by atoms with Gasteiger partial charge in [-0.3, -0.25) is 9.20 Å². The van der Waals surface area contributed by atoms with Crippen LogP contribution in [-0.4, -0.2) is 34.2 Å². The Kier molecular flexibility index (Phi) is 4.61. The predicted octanol–water partition coefficient (Wildman–Crippen LogP) is 3.17. The van der Waals surface area contributed by atoms with Crippen molar-refractivity contribution in [1.82, 2.24) is 14.3 Å². The second-order valence-electron chi connectivity index (χ2n) is 5.63. The topological polar surface area (TPSA) is 46.8 Å². The van der Waals surface area contributed by atoms with E-state index >= 15 is 0 Å². The van der Waals surface area contributed by atoms with Crippen molar-refractivity contribution in [1.29, 1.82) is 0 Å². The fraction of sp³-hybridized carbons (Fsp3) is 0.158. The average Bonchev–Trinajstić information content (AvgIpc) is 3.03. The molecule has 3 rings (SSSR count). The van der Waals surface area contributed by atoms with Crippen molar-refractivity contribution in [3.8, 4) is 5.75 Å². The van der Waals surface area contributed by atoms with Gasteiger partial charge in [-0.2, -0.15) is 0 Å². The van der Waals surface area contributed by atoms with Gasteiger partial charge < -0.3 is 9.64 Å². The summed E-state index contributed by atoms with van der Waals surface area (Å²) in [6.07, 6.45) is 6.64. The molecule has 0 spiro atoms. The van der Waals surface area contributed by atoms with Gasteiger partial charge in [-0.25, -0.2) is 4.98 Å². The molecule has 0 fully saturated rings. The van der Waals surface area contributed by atoms with Crippen LogP contribution in [0.4, 0.5) is 0 Å². The van der Waals surface area contributed by atoms with E-state index in [1.165, 1.54) is 6.08 Å². The number of ether oxygens (including phenoxy) is 1. The number of rotatable bonds is 6. The van der Waals surface area contributed by atoms with Crippen molar-refractivity contribution < 1.29 is 9.53 Å². The Balaban J connectivity index is 1.85. The second kappa shape index (κ2) is 7.00. The van der Waals surface area contributed by atoms with Crippen LogP contribution in [0.3, 0.4) is 0 Å². The number of carbonyl (C=O) groups is 1. The minimum Gasteiger partial charge on any atom is -0.485 e. The van der Waals surface area contributed by atoms with Gasteiger partial charge in [0.1, 0.15) is 12.3 Å². The summed E-state index contributed by atoms with van der Waals surface area (Å²) in [6.45, 7) is 0.456. The van der Waals surface area contributed by atoms with E-state index in [0.717, 1.165) is 5.56 Å². The van der Waals surface area contributed by atoms with Gasteiger partial charge in [0.05, 0.1) is 6.20 Å². The lowest BCUT2D eigenvalue weighted by Gasteiger charge is -2.08. The third-order valence-corrected chi connectivity index (χ3v) is 3.51. The zero-order valence-electron chi connectivity index (χ0n) is 13.7. The predicted molar refractivity (Wildman–Crippen MR) is 93.1 cm³/mol. The number of fused-ring (bicyclic) bond motifs is 1. The van der Waals surface area contributed by atoms with Crippen LogP contribution >= 0.6 is 0 Å². The summed E-state index contributed by atoms with van der Waals surface area (Å²) in [5.41, 5.74) is 2.22. The molecule has 0 aliphatic rings. The van der Waals surface area contributed by atoms with Gasteiger partial charge in [0.25, 0.3) is 0 Å². The molecule has 5 nitrogen and oxygen atoms in total. The summed E-state index contributed by atoms with van der Waals surface area (Å²) < 4.78 is 7.63. The lowest BCUT2D eigenvalue weighted by atomic mass is 10.2. The molecule has 2 heterocycles. The Labute approximate surface area is 140 Å². The zero-order valence-corrected chi connectivity index (χ0v) is 13.7. The molecule has 2 aromatic heterocycles. The molecule has 0 saturated carbocycles. The van der Waals surface area contributed by atoms with E-state index in [-0.39, 0.29) is 5.78 Å². The highest BCUT2D eigenvalue weighted by molar-refractivity contribution is 6.03. The van der Waals surface area contributed by atoms with Crippen molar-refractivity contribution in [3.05, 3.63) is 78.4 Å². The fourth-order valence-corrected chi connectivity index (χ4v) is 2.32. The van der Waals surface area contributed by atoms with Crippen LogP contribution in [0, 0.1) is 0 Å². The summed E-state index contributed by atoms with van der Waals surface area (Å²) in [5, 5.41) is 0. The molecule has 122 valence electrons. The van der Waals surface area contributed by atoms with Crippen LogP contribution in [0.15, 0.2) is 67.1 Å². The molecule has 0 aliphatic heterocycles. The van der Waals surface area contributed by atoms with Crippen molar-refractivity contribution in [3.63, 3.8) is 0 Å². The first-order chi connectivity index (χ1) is 11.6. The Bertz CT molecular complexity index is 867. The molecule has 1 aromatic carbocycles. The summed E-state index contributed by atoms with van der Waals surface area (Å²) in [4.78, 5) is 18.5. The minimum atomic E-state index is -0.101. The summed E-state index contributed by atoms with van der Waals surface area (Å²) in [6, 6.07) is 13.6. The van der Waals surface area contributed by atoms with Crippen LogP contribution < -0.4 is 4.74 Å². The van der Waals surface area contributed by atoms with Crippen LogP contribution in [0.5, 0.6) is 5.75 Å². The summed E-state index contributed by atoms with van der Waals surface area (Å²) >= 11 is 0. The van der Waals surface area contributed by atoms with Gasteiger partial charge in [0.2, 0.25) is 5.78 Å². The van der Waals surface area contributed by atoms with Gasteiger partial charge in [0.15, 0.2) is 11.4 Å². The fourth-order valence-electron chi connectivity index (χ4n) is 2.32. The molecule has 0 unspecified atom stereocenters. The molecule has 0 atom stereocenters. The zero-order chi connectivity index (χ0) is 16.9. The maximum absolute atomic E-state index is 12.3. The smallest absolute Gasteiger partial charge is 0.205 e. The van der Waals surface area contributed by atoms with Crippen molar-refractivity contribution >= 4 is 11.4 Å². The highest BCUT2D eigenvalue weighted by Gasteiger charge is 2.12. The first-order valence-corrected chi connectivity index (χ1v) is 7.67. The Morgan fingerprint density at radius 1 is 1.21 bits per heavy atom. The molecular weight excluding hydrogens is 302 g/mol. The molecule has 0 aliphatic carbocycles. The first-order valence-electron chi connectivity index (χ1n) is 7.67. The SMILES string of the molecule is CN(C)C=CC(=O)c1cnc2c(OCc3ccccc3)cccn12. The van der Waals surface area contributed by atoms with Gasteiger partial charge in [0, 0.05) is 32.6 Å². The molecule has 0 bridgehead atoms. The van der Waals surface area contributed by atoms with Crippen molar-refractivity contribution in [2.24, 2.45) is 0 Å². The van der Waals surface area contributed by atoms with Crippen molar-refractivity contribution in [2.45, 2.75) is 6.61 Å². The van der Waals surface area contributed by atoms with Crippen LogP contribution in [0.25, 0.3) is 5.65 Å². The quantitative estimate of drug-likeness (QED) is 0.517. The number of pyridine rings is 1. The maximum atomic E-state index is 12.3. The van der Waals surface area contributed by atoms with Gasteiger partial charge in [-0.15, -0.1) is 0 Å². The molecule has 0 N–H and O–H groups in total. The lowest BCUT2D eigenvalue weighted by Crippen LogP contribution is -2.05. The van der Waals surface area contributed by atoms with Crippen LogP contribution in [0.2, 0.25) is 0 Å². The number of benzene rings is 1. The highest BCUT2D eigenvalue weighted by Crippen LogP contribution is 2.21. The summed E-state index contributed by atoms with van der Waals surface area (Å²) in [5.74, 6) is 0.549. The number of ketones is 1. The molecule has 0 amide bonds. The van der Waals surface area contributed by atoms with Crippen LogP contribution in [-0.2, 0) is 6.61 Å². The maximum Gasteiger partial charge on any atom is 0.205 e. The van der Waals surface area contributed by atoms with E-state index in [4.69, 9.17) is 4.74 Å². The molecular formula is C19H19N3O2. The molecule has 0 radical (unpaired) electrons. The lowest BCUT2D eigenvalue weighted by molar-refractivity contribution is 0.104. The molecule has 3 aromatic rings. The van der Waals surface area contributed by atoms with Gasteiger partial charge in [-0.05, 0) is 17.7 Å². The molecule has 5 heteroatoms. The largest absolute Gasteiger partial charge is 0.485 e. The number of hydrogen-bond donors (Lipinski definition) is 0. The van der Waals surface area contributed by atoms with E-state index in [0.29, 0.717) is 23.7 Å². The Hall–Kier alpha value is -3.08. The van der Waals surface area contributed by atoms with Gasteiger partial charge >= 0.3 is 0 Å². The number of aromatic nitrogens is 2. The number of allylic oxidation sites excluding steroid dienone is 1. The monoisotopic (exact) mass is 321 g/mol. The highest BCUT2D eigenvalue weighted by atomic mass is 16.5. The standard InChI is InChI=1S/C19H19N3O2/c1-21(2)12-10-17(23)16-13-20-19-18(9-6-11-22(16)19)24-14-15-7-4-3-5-8-15/h3-13H,14H2,1-2H3. The van der Waals surface area contributed by atoms with E-state index < -0.39 is 0 Å². The third kappa shape index (κ3) is 3.46. The number of hydrogen-bond acceptors (Lipinski definition) is 4.